The molecule has 2 rings (SSSR count). The van der Waals surface area contributed by atoms with E-state index < -0.39 is 23.3 Å². The van der Waals surface area contributed by atoms with Gasteiger partial charge in [-0.1, -0.05) is 12.1 Å². The van der Waals surface area contributed by atoms with Gasteiger partial charge in [-0.25, -0.2) is 9.78 Å². The second kappa shape index (κ2) is 5.43. The van der Waals surface area contributed by atoms with Gasteiger partial charge in [0.05, 0.1) is 18.2 Å². The van der Waals surface area contributed by atoms with Gasteiger partial charge in [-0.2, -0.15) is 13.2 Å². The predicted molar refractivity (Wildman–Crippen MR) is 68.2 cm³/mol. The average molecular weight is 297 g/mol. The summed E-state index contributed by atoms with van der Waals surface area (Å²) in [5.74, 6) is -1.36. The highest BCUT2D eigenvalue weighted by Gasteiger charge is 2.36. The van der Waals surface area contributed by atoms with Gasteiger partial charge in [-0.3, -0.25) is 0 Å². The largest absolute Gasteiger partial charge is 0.481 e. The first kappa shape index (κ1) is 14.8. The molecule has 21 heavy (non-hydrogen) atoms. The Morgan fingerprint density at radius 1 is 1.24 bits per heavy atom. The zero-order valence-corrected chi connectivity index (χ0v) is 10.8. The number of alkyl halides is 3. The number of aromatic nitrogens is 1. The highest BCUT2D eigenvalue weighted by atomic mass is 19.4. The van der Waals surface area contributed by atoms with Gasteiger partial charge in [0, 0.05) is 17.8 Å². The van der Waals surface area contributed by atoms with Crippen molar-refractivity contribution < 1.29 is 27.8 Å². The Hall–Kier alpha value is -2.57. The number of aromatic carboxylic acids is 1. The fraction of sp³-hybridized carbons (Fsp3) is 0.143. The van der Waals surface area contributed by atoms with E-state index in [1.807, 2.05) is 0 Å². The van der Waals surface area contributed by atoms with Crippen molar-refractivity contribution in [1.82, 2.24) is 4.98 Å². The van der Waals surface area contributed by atoms with Crippen LogP contribution in [0, 0.1) is 0 Å². The normalized spacial score (nSPS) is 11.2. The maximum absolute atomic E-state index is 12.9. The molecule has 0 saturated heterocycles. The number of hydrogen-bond acceptors (Lipinski definition) is 3. The van der Waals surface area contributed by atoms with Crippen LogP contribution in [-0.2, 0) is 6.18 Å². The van der Waals surface area contributed by atoms with E-state index >= 15 is 0 Å². The molecule has 1 heterocycles. The monoisotopic (exact) mass is 297 g/mol. The summed E-state index contributed by atoms with van der Waals surface area (Å²) in [4.78, 5) is 15.1. The van der Waals surface area contributed by atoms with E-state index in [0.29, 0.717) is 0 Å². The van der Waals surface area contributed by atoms with Crippen LogP contribution in [-0.4, -0.2) is 23.2 Å². The minimum absolute atomic E-state index is 0.0486. The Morgan fingerprint density at radius 2 is 1.95 bits per heavy atom. The Bertz CT molecular complexity index is 666. The summed E-state index contributed by atoms with van der Waals surface area (Å²) in [6.45, 7) is 0. The Balaban J connectivity index is 2.65. The van der Waals surface area contributed by atoms with Gasteiger partial charge in [-0.15, -0.1) is 0 Å². The Labute approximate surface area is 117 Å². The summed E-state index contributed by atoms with van der Waals surface area (Å²) in [5.41, 5.74) is -1.77. The Kier molecular flexibility index (Phi) is 3.84. The number of methoxy groups -OCH3 is 1. The second-order valence-corrected chi connectivity index (χ2v) is 4.12. The number of rotatable bonds is 3. The quantitative estimate of drug-likeness (QED) is 0.942. The topological polar surface area (TPSA) is 59.4 Å². The highest BCUT2D eigenvalue weighted by molar-refractivity contribution is 5.97. The van der Waals surface area contributed by atoms with Crippen LogP contribution in [0.3, 0.4) is 0 Å². The fourth-order valence-electron chi connectivity index (χ4n) is 1.92. The van der Waals surface area contributed by atoms with Crippen LogP contribution in [0.25, 0.3) is 11.1 Å². The molecular weight excluding hydrogens is 287 g/mol. The zero-order chi connectivity index (χ0) is 15.6. The average Bonchev–Trinajstić information content (AvgIpc) is 2.45. The molecule has 0 atom stereocenters. The van der Waals surface area contributed by atoms with E-state index in [1.165, 1.54) is 31.5 Å². The van der Waals surface area contributed by atoms with Crippen molar-refractivity contribution in [2.75, 3.05) is 7.11 Å². The van der Waals surface area contributed by atoms with Crippen molar-refractivity contribution in [1.29, 1.82) is 0 Å². The first-order valence-corrected chi connectivity index (χ1v) is 5.78. The maximum atomic E-state index is 12.9. The minimum Gasteiger partial charge on any atom is -0.481 e. The van der Waals surface area contributed by atoms with Crippen molar-refractivity contribution >= 4 is 5.97 Å². The molecule has 0 radical (unpaired) electrons. The van der Waals surface area contributed by atoms with Crippen LogP contribution in [0.1, 0.15) is 15.9 Å². The second-order valence-electron chi connectivity index (χ2n) is 4.12. The van der Waals surface area contributed by atoms with E-state index in [-0.39, 0.29) is 17.0 Å². The van der Waals surface area contributed by atoms with E-state index in [9.17, 15) is 18.0 Å². The van der Waals surface area contributed by atoms with Gasteiger partial charge >= 0.3 is 12.1 Å². The molecular formula is C14H10F3NO3. The van der Waals surface area contributed by atoms with Gasteiger partial charge < -0.3 is 9.84 Å². The predicted octanol–water partition coefficient (Wildman–Crippen LogP) is 3.47. The van der Waals surface area contributed by atoms with Crippen LogP contribution in [0.5, 0.6) is 5.88 Å². The molecule has 0 aliphatic heterocycles. The third-order valence-corrected chi connectivity index (χ3v) is 2.84. The summed E-state index contributed by atoms with van der Waals surface area (Å²) in [7, 11) is 1.40. The summed E-state index contributed by atoms with van der Waals surface area (Å²) >= 11 is 0. The molecule has 1 N–H and O–H groups in total. The molecule has 0 fully saturated rings. The molecule has 0 unspecified atom stereocenters. The summed E-state index contributed by atoms with van der Waals surface area (Å²) in [6, 6.07) is 6.11. The molecule has 0 aliphatic rings. The number of carbonyl (C=O) groups is 1. The van der Waals surface area contributed by atoms with Gasteiger partial charge in [0.15, 0.2) is 0 Å². The molecule has 0 amide bonds. The molecule has 0 bridgehead atoms. The van der Waals surface area contributed by atoms with Crippen molar-refractivity contribution in [3.63, 3.8) is 0 Å². The van der Waals surface area contributed by atoms with Crippen molar-refractivity contribution in [3.05, 3.63) is 47.7 Å². The van der Waals surface area contributed by atoms with Crippen LogP contribution < -0.4 is 4.74 Å². The molecule has 110 valence electrons. The molecule has 1 aromatic carbocycles. The lowest BCUT2D eigenvalue weighted by Crippen LogP contribution is -2.14. The van der Waals surface area contributed by atoms with Crippen molar-refractivity contribution in [2.45, 2.75) is 6.18 Å². The van der Waals surface area contributed by atoms with E-state index in [1.54, 1.807) is 0 Å². The summed E-state index contributed by atoms with van der Waals surface area (Å²) in [6.07, 6.45) is -3.48. The number of benzene rings is 1. The molecule has 0 aliphatic carbocycles. The number of carboxylic acids is 1. The fourth-order valence-corrected chi connectivity index (χ4v) is 1.92. The first-order chi connectivity index (χ1) is 9.84. The van der Waals surface area contributed by atoms with Gasteiger partial charge in [0.2, 0.25) is 5.88 Å². The lowest BCUT2D eigenvalue weighted by Gasteiger charge is -2.14. The number of hydrogen-bond donors (Lipinski definition) is 1. The molecule has 1 aromatic heterocycles. The Morgan fingerprint density at radius 3 is 2.43 bits per heavy atom. The number of pyridine rings is 1. The lowest BCUT2D eigenvalue weighted by molar-refractivity contribution is -0.138. The van der Waals surface area contributed by atoms with E-state index in [4.69, 9.17) is 9.84 Å². The van der Waals surface area contributed by atoms with Crippen LogP contribution in [0.15, 0.2) is 36.5 Å². The zero-order valence-electron chi connectivity index (χ0n) is 10.8. The third kappa shape index (κ3) is 2.96. The maximum Gasteiger partial charge on any atom is 0.417 e. The smallest absolute Gasteiger partial charge is 0.417 e. The first-order valence-electron chi connectivity index (χ1n) is 5.78. The number of nitrogens with zero attached hydrogens (tertiary/aromatic N) is 1. The molecule has 0 saturated carbocycles. The number of halogens is 3. The van der Waals surface area contributed by atoms with Crippen molar-refractivity contribution in [2.24, 2.45) is 0 Å². The number of ether oxygens (including phenoxy) is 1. The van der Waals surface area contributed by atoms with Crippen molar-refractivity contribution in [3.8, 4) is 17.0 Å². The molecule has 4 nitrogen and oxygen atoms in total. The molecule has 0 spiro atoms. The van der Waals surface area contributed by atoms with Gasteiger partial charge in [0.1, 0.15) is 0 Å². The van der Waals surface area contributed by atoms with Crippen LogP contribution in [0.2, 0.25) is 0 Å². The van der Waals surface area contributed by atoms with E-state index in [2.05, 4.69) is 4.98 Å². The van der Waals surface area contributed by atoms with Gasteiger partial charge in [0.25, 0.3) is 0 Å². The summed E-state index contributed by atoms with van der Waals surface area (Å²) in [5, 5.41) is 9.13. The molecule has 2 aromatic rings. The third-order valence-electron chi connectivity index (χ3n) is 2.84. The standard InChI is InChI=1S/C14H10F3NO3/c1-21-11-6-5-8(7-18-11)9-3-2-4-10(14(15,16)17)12(9)13(19)20/h2-7H,1H3,(H,19,20). The summed E-state index contributed by atoms with van der Waals surface area (Å²) < 4.78 is 43.6. The van der Waals surface area contributed by atoms with Crippen LogP contribution in [0.4, 0.5) is 13.2 Å². The number of carboxylic acid groups (broad SMARTS) is 1. The minimum atomic E-state index is -4.75. The SMILES string of the molecule is COc1ccc(-c2cccc(C(F)(F)F)c2C(=O)O)cn1. The van der Waals surface area contributed by atoms with E-state index in [0.717, 1.165) is 12.1 Å². The molecule has 7 heteroatoms. The lowest BCUT2D eigenvalue weighted by atomic mass is 9.96. The van der Waals surface area contributed by atoms with Crippen LogP contribution >= 0.6 is 0 Å². The van der Waals surface area contributed by atoms with Gasteiger partial charge in [-0.05, 0) is 17.7 Å². The highest BCUT2D eigenvalue weighted by Crippen LogP contribution is 2.36.